The standard InChI is InChI=1S/C25H22ClFN2O5S/c1-16-12-19-4-2-3-5-23(19)29(16)24(30)15-34-25(31)18-8-6-17(7-9-18)14-28-35(32,33)20-10-11-22(27)21(26)13-20/h2-11,13,16,28H,12,14-15H2,1H3/t16-/m0/s1. The fraction of sp³-hybridized carbons (Fsp3) is 0.200. The Bertz CT molecular complexity index is 1380. The molecule has 0 aromatic heterocycles. The van der Waals surface area contributed by atoms with Gasteiger partial charge in [-0.3, -0.25) is 4.79 Å². The average Bonchev–Trinajstić information content (AvgIpc) is 3.18. The summed E-state index contributed by atoms with van der Waals surface area (Å²) in [6, 6.07) is 16.8. The number of nitrogens with zero attached hydrogens (tertiary/aromatic N) is 1. The first-order valence-electron chi connectivity index (χ1n) is 10.8. The van der Waals surface area contributed by atoms with Crippen molar-refractivity contribution >= 4 is 39.2 Å². The summed E-state index contributed by atoms with van der Waals surface area (Å²) in [5, 5.41) is -0.294. The Morgan fingerprint density at radius 1 is 1.11 bits per heavy atom. The number of nitrogens with one attached hydrogen (secondary N) is 1. The molecule has 0 saturated heterocycles. The van der Waals surface area contributed by atoms with Crippen molar-refractivity contribution in [1.29, 1.82) is 0 Å². The van der Waals surface area contributed by atoms with Crippen LogP contribution in [0.15, 0.2) is 71.6 Å². The van der Waals surface area contributed by atoms with Crippen LogP contribution < -0.4 is 9.62 Å². The number of anilines is 1. The number of benzene rings is 3. The minimum Gasteiger partial charge on any atom is -0.452 e. The van der Waals surface area contributed by atoms with E-state index >= 15 is 0 Å². The third-order valence-corrected chi connectivity index (χ3v) is 7.35. The molecule has 0 aliphatic carbocycles. The molecule has 1 amide bonds. The number of hydrogen-bond acceptors (Lipinski definition) is 5. The molecular formula is C25H22ClFN2O5S. The van der Waals surface area contributed by atoms with Gasteiger partial charge in [-0.05, 0) is 60.9 Å². The van der Waals surface area contributed by atoms with Crippen LogP contribution in [0.25, 0.3) is 0 Å². The van der Waals surface area contributed by atoms with Crippen LogP contribution in [0.4, 0.5) is 10.1 Å². The molecule has 0 fully saturated rings. The molecule has 1 N–H and O–H groups in total. The average molecular weight is 517 g/mol. The normalized spacial score (nSPS) is 15.1. The molecule has 182 valence electrons. The number of rotatable bonds is 7. The van der Waals surface area contributed by atoms with Crippen LogP contribution >= 0.6 is 11.6 Å². The molecule has 3 aromatic rings. The molecule has 0 bridgehead atoms. The summed E-state index contributed by atoms with van der Waals surface area (Å²) in [5.41, 5.74) is 2.71. The fourth-order valence-electron chi connectivity index (χ4n) is 3.89. The summed E-state index contributed by atoms with van der Waals surface area (Å²) in [6.45, 7) is 1.49. The number of carbonyl (C=O) groups excluding carboxylic acids is 2. The van der Waals surface area contributed by atoms with Gasteiger partial charge in [-0.15, -0.1) is 0 Å². The van der Waals surface area contributed by atoms with E-state index in [0.717, 1.165) is 35.9 Å². The smallest absolute Gasteiger partial charge is 0.338 e. The molecule has 1 aliphatic heterocycles. The Balaban J connectivity index is 1.32. The van der Waals surface area contributed by atoms with Gasteiger partial charge in [0.15, 0.2) is 6.61 Å². The molecule has 1 heterocycles. The second kappa shape index (κ2) is 10.2. The van der Waals surface area contributed by atoms with Gasteiger partial charge in [-0.1, -0.05) is 41.9 Å². The Morgan fingerprint density at radius 3 is 2.54 bits per heavy atom. The molecule has 3 aromatic carbocycles. The van der Waals surface area contributed by atoms with E-state index in [1.54, 1.807) is 17.0 Å². The molecule has 7 nitrogen and oxygen atoms in total. The lowest BCUT2D eigenvalue weighted by Crippen LogP contribution is -2.38. The molecule has 0 saturated carbocycles. The molecule has 1 aliphatic rings. The van der Waals surface area contributed by atoms with Gasteiger partial charge in [-0.2, -0.15) is 0 Å². The lowest BCUT2D eigenvalue weighted by Gasteiger charge is -2.22. The zero-order valence-electron chi connectivity index (χ0n) is 18.7. The monoisotopic (exact) mass is 516 g/mol. The molecule has 0 radical (unpaired) electrons. The molecule has 35 heavy (non-hydrogen) atoms. The summed E-state index contributed by atoms with van der Waals surface area (Å²) >= 11 is 5.66. The van der Waals surface area contributed by atoms with Gasteiger partial charge in [0.05, 0.1) is 15.5 Å². The van der Waals surface area contributed by atoms with Crippen molar-refractivity contribution in [3.8, 4) is 0 Å². The Hall–Kier alpha value is -3.27. The van der Waals surface area contributed by atoms with Gasteiger partial charge in [0.1, 0.15) is 5.82 Å². The highest BCUT2D eigenvalue weighted by atomic mass is 35.5. The highest BCUT2D eigenvalue weighted by molar-refractivity contribution is 7.89. The molecule has 1 atom stereocenters. The van der Waals surface area contributed by atoms with E-state index in [1.165, 1.54) is 12.1 Å². The molecule has 0 unspecified atom stereocenters. The number of amides is 1. The van der Waals surface area contributed by atoms with Crippen molar-refractivity contribution in [2.75, 3.05) is 11.5 Å². The van der Waals surface area contributed by atoms with Crippen molar-refractivity contribution in [2.45, 2.75) is 30.8 Å². The Morgan fingerprint density at radius 2 is 1.83 bits per heavy atom. The van der Waals surface area contributed by atoms with Crippen molar-refractivity contribution in [3.05, 3.63) is 94.3 Å². The van der Waals surface area contributed by atoms with Crippen LogP contribution in [0, 0.1) is 5.82 Å². The van der Waals surface area contributed by atoms with Crippen LogP contribution in [-0.2, 0) is 32.5 Å². The third-order valence-electron chi connectivity index (χ3n) is 5.66. The summed E-state index contributed by atoms with van der Waals surface area (Å²) in [4.78, 5) is 26.6. The van der Waals surface area contributed by atoms with Crippen LogP contribution in [-0.4, -0.2) is 32.9 Å². The summed E-state index contributed by atoms with van der Waals surface area (Å²) in [6.07, 6.45) is 0.745. The lowest BCUT2D eigenvalue weighted by molar-refractivity contribution is -0.122. The van der Waals surface area contributed by atoms with E-state index in [-0.39, 0.29) is 40.6 Å². The van der Waals surface area contributed by atoms with Gasteiger partial charge in [0.25, 0.3) is 5.91 Å². The van der Waals surface area contributed by atoms with Gasteiger partial charge in [0.2, 0.25) is 10.0 Å². The number of fused-ring (bicyclic) bond motifs is 1. The highest BCUT2D eigenvalue weighted by Gasteiger charge is 2.31. The van der Waals surface area contributed by atoms with Crippen molar-refractivity contribution in [3.63, 3.8) is 0 Å². The van der Waals surface area contributed by atoms with Crippen molar-refractivity contribution in [2.24, 2.45) is 0 Å². The molecule has 4 rings (SSSR count). The van der Waals surface area contributed by atoms with Crippen LogP contribution in [0.3, 0.4) is 0 Å². The predicted molar refractivity (Wildman–Crippen MR) is 129 cm³/mol. The minimum absolute atomic E-state index is 0.0207. The molecular weight excluding hydrogens is 495 g/mol. The Kier molecular flexibility index (Phi) is 7.20. The highest BCUT2D eigenvalue weighted by Crippen LogP contribution is 2.31. The van der Waals surface area contributed by atoms with E-state index < -0.39 is 21.8 Å². The van der Waals surface area contributed by atoms with E-state index in [0.29, 0.717) is 5.56 Å². The third kappa shape index (κ3) is 5.53. The quantitative estimate of drug-likeness (QED) is 0.477. The number of sulfonamides is 1. The van der Waals surface area contributed by atoms with E-state index in [2.05, 4.69) is 4.72 Å². The topological polar surface area (TPSA) is 92.8 Å². The SMILES string of the molecule is C[C@H]1Cc2ccccc2N1C(=O)COC(=O)c1ccc(CNS(=O)(=O)c2ccc(F)c(Cl)c2)cc1. The summed E-state index contributed by atoms with van der Waals surface area (Å²) in [7, 11) is -3.91. The lowest BCUT2D eigenvalue weighted by atomic mass is 10.1. The zero-order chi connectivity index (χ0) is 25.2. The number of para-hydroxylation sites is 1. The number of carbonyl (C=O) groups is 2. The first-order valence-corrected chi connectivity index (χ1v) is 12.6. The molecule has 10 heteroatoms. The van der Waals surface area contributed by atoms with Gasteiger partial charge in [-0.25, -0.2) is 22.3 Å². The summed E-state index contributed by atoms with van der Waals surface area (Å²) < 4.78 is 45.7. The van der Waals surface area contributed by atoms with Crippen molar-refractivity contribution < 1.29 is 27.1 Å². The second-order valence-electron chi connectivity index (χ2n) is 8.12. The van der Waals surface area contributed by atoms with E-state index in [4.69, 9.17) is 16.3 Å². The maximum absolute atomic E-state index is 13.3. The van der Waals surface area contributed by atoms with Gasteiger partial charge in [0, 0.05) is 18.3 Å². The largest absolute Gasteiger partial charge is 0.452 e. The van der Waals surface area contributed by atoms with E-state index in [9.17, 15) is 22.4 Å². The Labute approximate surface area is 207 Å². The van der Waals surface area contributed by atoms with Crippen LogP contribution in [0.5, 0.6) is 0 Å². The van der Waals surface area contributed by atoms with Crippen LogP contribution in [0.2, 0.25) is 5.02 Å². The van der Waals surface area contributed by atoms with Gasteiger partial charge >= 0.3 is 5.97 Å². The predicted octanol–water partition coefficient (Wildman–Crippen LogP) is 4.09. The number of esters is 1. The number of halogens is 2. The maximum atomic E-state index is 13.3. The zero-order valence-corrected chi connectivity index (χ0v) is 20.3. The first-order chi connectivity index (χ1) is 16.7. The maximum Gasteiger partial charge on any atom is 0.338 e. The fourth-order valence-corrected chi connectivity index (χ4v) is 5.18. The second-order valence-corrected chi connectivity index (χ2v) is 10.3. The first kappa shape index (κ1) is 24.8. The summed E-state index contributed by atoms with van der Waals surface area (Å²) in [5.74, 6) is -1.68. The van der Waals surface area contributed by atoms with Crippen molar-refractivity contribution in [1.82, 2.24) is 4.72 Å². The van der Waals surface area contributed by atoms with Gasteiger partial charge < -0.3 is 9.64 Å². The van der Waals surface area contributed by atoms with Crippen LogP contribution in [0.1, 0.15) is 28.4 Å². The number of ether oxygens (including phenoxy) is 1. The minimum atomic E-state index is -3.91. The molecule has 0 spiro atoms. The number of hydrogen-bond donors (Lipinski definition) is 1. The van der Waals surface area contributed by atoms with E-state index in [1.807, 2.05) is 31.2 Å².